The van der Waals surface area contributed by atoms with Gasteiger partial charge in [0.05, 0.1) is 18.9 Å². The van der Waals surface area contributed by atoms with Crippen molar-refractivity contribution in [3.63, 3.8) is 0 Å². The van der Waals surface area contributed by atoms with Crippen LogP contribution in [0.2, 0.25) is 0 Å². The van der Waals surface area contributed by atoms with E-state index >= 15 is 0 Å². The van der Waals surface area contributed by atoms with Crippen molar-refractivity contribution >= 4 is 27.6 Å². The van der Waals surface area contributed by atoms with Gasteiger partial charge in [0.15, 0.2) is 0 Å². The summed E-state index contributed by atoms with van der Waals surface area (Å²) >= 11 is 0. The summed E-state index contributed by atoms with van der Waals surface area (Å²) in [6.07, 6.45) is 2.14. The molecule has 1 saturated heterocycles. The average molecular weight is 354 g/mol. The Kier molecular flexibility index (Phi) is 5.61. The molecule has 0 atom stereocenters. The number of piperidine rings is 1. The van der Waals surface area contributed by atoms with Crippen molar-refractivity contribution in [2.24, 2.45) is 5.92 Å². The summed E-state index contributed by atoms with van der Waals surface area (Å²) in [4.78, 5) is 24.0. The van der Waals surface area contributed by atoms with E-state index in [1.807, 2.05) is 6.92 Å². The van der Waals surface area contributed by atoms with Crippen LogP contribution < -0.4 is 5.32 Å². The van der Waals surface area contributed by atoms with Crippen molar-refractivity contribution in [3.05, 3.63) is 29.3 Å². The number of carbonyl (C=O) groups is 2. The molecule has 132 valence electrons. The smallest absolute Gasteiger partial charge is 0.337 e. The van der Waals surface area contributed by atoms with Crippen LogP contribution in [-0.2, 0) is 19.6 Å². The zero-order valence-electron chi connectivity index (χ0n) is 14.0. The monoisotopic (exact) mass is 354 g/mol. The van der Waals surface area contributed by atoms with E-state index in [0.29, 0.717) is 37.2 Å². The highest BCUT2D eigenvalue weighted by Crippen LogP contribution is 2.23. The Morgan fingerprint density at radius 2 is 1.88 bits per heavy atom. The summed E-state index contributed by atoms with van der Waals surface area (Å²) in [6, 6.07) is 4.97. The lowest BCUT2D eigenvalue weighted by Gasteiger charge is -2.29. The van der Waals surface area contributed by atoms with Gasteiger partial charge in [-0.15, -0.1) is 0 Å². The van der Waals surface area contributed by atoms with Gasteiger partial charge >= 0.3 is 5.97 Å². The van der Waals surface area contributed by atoms with Gasteiger partial charge in [-0.25, -0.2) is 17.5 Å². The Morgan fingerprint density at radius 1 is 1.25 bits per heavy atom. The van der Waals surface area contributed by atoms with Crippen LogP contribution in [0.15, 0.2) is 18.2 Å². The van der Waals surface area contributed by atoms with Crippen LogP contribution in [0.25, 0.3) is 0 Å². The maximum Gasteiger partial charge on any atom is 0.337 e. The molecule has 0 saturated carbocycles. The van der Waals surface area contributed by atoms with Crippen molar-refractivity contribution in [1.82, 2.24) is 4.31 Å². The first-order valence-corrected chi connectivity index (χ1v) is 9.52. The fourth-order valence-corrected chi connectivity index (χ4v) is 3.56. The van der Waals surface area contributed by atoms with Crippen LogP contribution in [0.1, 0.15) is 28.8 Å². The number of carbonyl (C=O) groups excluding carboxylic acids is 2. The molecule has 0 aromatic heterocycles. The van der Waals surface area contributed by atoms with Gasteiger partial charge in [0.1, 0.15) is 0 Å². The van der Waals surface area contributed by atoms with Gasteiger partial charge in [-0.3, -0.25) is 4.79 Å². The topological polar surface area (TPSA) is 92.8 Å². The molecule has 1 aliphatic heterocycles. The third kappa shape index (κ3) is 4.33. The fraction of sp³-hybridized carbons (Fsp3) is 0.500. The van der Waals surface area contributed by atoms with Gasteiger partial charge in [-0.05, 0) is 37.5 Å². The van der Waals surface area contributed by atoms with Gasteiger partial charge in [0, 0.05) is 24.7 Å². The van der Waals surface area contributed by atoms with Gasteiger partial charge < -0.3 is 10.1 Å². The lowest BCUT2D eigenvalue weighted by atomic mass is 9.97. The highest BCUT2D eigenvalue weighted by atomic mass is 32.2. The number of amides is 1. The van der Waals surface area contributed by atoms with Crippen LogP contribution in [0, 0.1) is 12.8 Å². The highest BCUT2D eigenvalue weighted by molar-refractivity contribution is 7.88. The van der Waals surface area contributed by atoms with Crippen molar-refractivity contribution in [3.8, 4) is 0 Å². The van der Waals surface area contributed by atoms with Crippen molar-refractivity contribution < 1.29 is 22.7 Å². The van der Waals surface area contributed by atoms with Gasteiger partial charge in [-0.2, -0.15) is 0 Å². The second-order valence-corrected chi connectivity index (χ2v) is 7.93. The van der Waals surface area contributed by atoms with Gasteiger partial charge in [-0.1, -0.05) is 6.07 Å². The Labute approximate surface area is 142 Å². The molecular weight excluding hydrogens is 332 g/mol. The summed E-state index contributed by atoms with van der Waals surface area (Å²) in [5, 5.41) is 2.84. The molecule has 0 bridgehead atoms. The standard InChI is InChI=1S/C16H22N2O5S/c1-11-4-5-13(16(20)23-2)10-14(11)17-15(19)12-6-8-18(9-7-12)24(3,21)22/h4-5,10,12H,6-9H2,1-3H3,(H,17,19). The molecule has 24 heavy (non-hydrogen) atoms. The van der Waals surface area contributed by atoms with E-state index in [4.69, 9.17) is 0 Å². The van der Waals surface area contributed by atoms with E-state index < -0.39 is 16.0 Å². The zero-order chi connectivity index (χ0) is 17.9. The van der Waals surface area contributed by atoms with Crippen LogP contribution in [0.5, 0.6) is 0 Å². The predicted molar refractivity (Wildman–Crippen MR) is 90.3 cm³/mol. The van der Waals surface area contributed by atoms with Gasteiger partial charge in [0.2, 0.25) is 15.9 Å². The summed E-state index contributed by atoms with van der Waals surface area (Å²) in [5.41, 5.74) is 1.77. The molecule has 8 heteroatoms. The molecule has 1 aliphatic rings. The molecule has 0 radical (unpaired) electrons. The average Bonchev–Trinajstić information content (AvgIpc) is 2.55. The van der Waals surface area contributed by atoms with Crippen molar-refractivity contribution in [2.45, 2.75) is 19.8 Å². The molecule has 0 spiro atoms. The number of hydrogen-bond donors (Lipinski definition) is 1. The van der Waals surface area contributed by atoms with E-state index in [1.54, 1.807) is 18.2 Å². The Balaban J connectivity index is 2.04. The van der Waals surface area contributed by atoms with E-state index in [2.05, 4.69) is 10.1 Å². The second kappa shape index (κ2) is 7.31. The summed E-state index contributed by atoms with van der Waals surface area (Å²) in [7, 11) is -1.91. The molecule has 0 unspecified atom stereocenters. The summed E-state index contributed by atoms with van der Waals surface area (Å²) in [5.74, 6) is -0.871. The van der Waals surface area contributed by atoms with E-state index in [-0.39, 0.29) is 11.8 Å². The molecule has 2 rings (SSSR count). The minimum absolute atomic E-state index is 0.159. The number of anilines is 1. The SMILES string of the molecule is COC(=O)c1ccc(C)c(NC(=O)C2CCN(S(C)(=O)=O)CC2)c1. The molecule has 1 fully saturated rings. The molecule has 1 aromatic carbocycles. The minimum atomic E-state index is -3.21. The number of esters is 1. The Morgan fingerprint density at radius 3 is 2.42 bits per heavy atom. The predicted octanol–water partition coefficient (Wildman–Crippen LogP) is 1.39. The van der Waals surface area contributed by atoms with Crippen LogP contribution in [-0.4, -0.2) is 51.1 Å². The minimum Gasteiger partial charge on any atom is -0.465 e. The number of hydrogen-bond acceptors (Lipinski definition) is 5. The van der Waals surface area contributed by atoms with Gasteiger partial charge in [0.25, 0.3) is 0 Å². The van der Waals surface area contributed by atoms with Crippen LogP contribution >= 0.6 is 0 Å². The number of nitrogens with zero attached hydrogens (tertiary/aromatic N) is 1. The first kappa shape index (κ1) is 18.4. The largest absolute Gasteiger partial charge is 0.465 e. The van der Waals surface area contributed by atoms with E-state index in [1.165, 1.54) is 17.7 Å². The quantitative estimate of drug-likeness (QED) is 0.825. The summed E-state index contributed by atoms with van der Waals surface area (Å²) < 4.78 is 29.1. The Hall–Kier alpha value is -1.93. The molecule has 1 heterocycles. The van der Waals surface area contributed by atoms with Crippen LogP contribution in [0.4, 0.5) is 5.69 Å². The molecule has 1 aromatic rings. The molecule has 1 N–H and O–H groups in total. The number of sulfonamides is 1. The zero-order valence-corrected chi connectivity index (χ0v) is 14.9. The van der Waals surface area contributed by atoms with E-state index in [9.17, 15) is 18.0 Å². The number of nitrogens with one attached hydrogen (secondary N) is 1. The number of benzene rings is 1. The normalized spacial score (nSPS) is 16.6. The summed E-state index contributed by atoms with van der Waals surface area (Å²) in [6.45, 7) is 2.53. The Bertz CT molecular complexity index is 737. The number of ether oxygens (including phenoxy) is 1. The first-order valence-electron chi connectivity index (χ1n) is 7.67. The molecule has 7 nitrogen and oxygen atoms in total. The number of rotatable bonds is 4. The second-order valence-electron chi connectivity index (χ2n) is 5.95. The maximum atomic E-state index is 12.4. The fourth-order valence-electron chi connectivity index (χ4n) is 2.69. The third-order valence-corrected chi connectivity index (χ3v) is 5.51. The lowest BCUT2D eigenvalue weighted by molar-refractivity contribution is -0.120. The number of aryl methyl sites for hydroxylation is 1. The lowest BCUT2D eigenvalue weighted by Crippen LogP contribution is -2.40. The molecule has 0 aliphatic carbocycles. The van der Waals surface area contributed by atoms with Crippen LogP contribution in [0.3, 0.4) is 0 Å². The maximum absolute atomic E-state index is 12.4. The molecular formula is C16H22N2O5S. The highest BCUT2D eigenvalue weighted by Gasteiger charge is 2.29. The molecule has 1 amide bonds. The third-order valence-electron chi connectivity index (χ3n) is 4.21. The van der Waals surface area contributed by atoms with Crippen molar-refractivity contribution in [1.29, 1.82) is 0 Å². The first-order chi connectivity index (χ1) is 11.2. The van der Waals surface area contributed by atoms with Crippen molar-refractivity contribution in [2.75, 3.05) is 31.8 Å². The van der Waals surface area contributed by atoms with E-state index in [0.717, 1.165) is 5.56 Å². The number of methoxy groups -OCH3 is 1.